The molecule has 0 amide bonds. The first-order valence-electron chi connectivity index (χ1n) is 6.63. The predicted molar refractivity (Wildman–Crippen MR) is 80.9 cm³/mol. The summed E-state index contributed by atoms with van der Waals surface area (Å²) in [6.45, 7) is 8.28. The molecule has 1 heterocycles. The molecule has 0 bridgehead atoms. The van der Waals surface area contributed by atoms with Gasteiger partial charge in [-0.15, -0.1) is 11.3 Å². The average molecular weight is 275 g/mol. The molecule has 0 spiro atoms. The maximum Gasteiger partial charge on any atom is 0.0956 e. The third kappa shape index (κ3) is 3.64. The molecule has 1 aromatic carbocycles. The van der Waals surface area contributed by atoms with Crippen LogP contribution in [0.5, 0.6) is 0 Å². The van der Waals surface area contributed by atoms with Crippen molar-refractivity contribution in [1.82, 2.24) is 4.98 Å². The van der Waals surface area contributed by atoms with Gasteiger partial charge in [0.1, 0.15) is 0 Å². The van der Waals surface area contributed by atoms with Gasteiger partial charge in [-0.25, -0.2) is 4.98 Å². The Bertz CT molecular complexity index is 555. The minimum atomic E-state index is -0.356. The van der Waals surface area contributed by atoms with Crippen LogP contribution >= 0.6 is 11.3 Å². The summed E-state index contributed by atoms with van der Waals surface area (Å²) in [6.07, 6.45) is 0.989. The minimum absolute atomic E-state index is 0.356. The molecule has 0 radical (unpaired) electrons. The van der Waals surface area contributed by atoms with Gasteiger partial charge < -0.3 is 5.11 Å². The highest BCUT2D eigenvalue weighted by Gasteiger charge is 2.12. The van der Waals surface area contributed by atoms with Crippen LogP contribution < -0.4 is 0 Å². The van der Waals surface area contributed by atoms with Gasteiger partial charge in [-0.2, -0.15) is 0 Å². The van der Waals surface area contributed by atoms with E-state index in [0.29, 0.717) is 12.8 Å². The van der Waals surface area contributed by atoms with Crippen molar-refractivity contribution in [2.75, 3.05) is 0 Å². The van der Waals surface area contributed by atoms with Crippen LogP contribution in [0.4, 0.5) is 0 Å². The Morgan fingerprint density at radius 2 is 1.89 bits per heavy atom. The second kappa shape index (κ2) is 5.85. The number of aliphatic hydroxyl groups is 1. The number of nitrogens with zero attached hydrogens (tertiary/aromatic N) is 1. The Morgan fingerprint density at radius 3 is 2.53 bits per heavy atom. The van der Waals surface area contributed by atoms with Gasteiger partial charge in [0, 0.05) is 11.3 Å². The molecule has 2 rings (SSSR count). The maximum atomic E-state index is 10.2. The summed E-state index contributed by atoms with van der Waals surface area (Å²) in [7, 11) is 0. The van der Waals surface area contributed by atoms with Gasteiger partial charge in [-0.05, 0) is 45.2 Å². The van der Waals surface area contributed by atoms with Crippen LogP contribution in [0.3, 0.4) is 0 Å². The lowest BCUT2D eigenvalue weighted by atomic mass is 9.99. The largest absolute Gasteiger partial charge is 0.392 e. The van der Waals surface area contributed by atoms with Gasteiger partial charge in [-0.1, -0.05) is 23.8 Å². The smallest absolute Gasteiger partial charge is 0.0956 e. The lowest BCUT2D eigenvalue weighted by molar-refractivity contribution is 0.175. The SMILES string of the molecule is Cc1ccc(C)c(CC(O)Cc2nc(C)c(C)s2)c1. The molecule has 3 heteroatoms. The first-order valence-corrected chi connectivity index (χ1v) is 7.44. The van der Waals surface area contributed by atoms with Gasteiger partial charge in [0.05, 0.1) is 16.8 Å². The van der Waals surface area contributed by atoms with Crippen molar-refractivity contribution in [3.05, 3.63) is 50.5 Å². The number of rotatable bonds is 4. The van der Waals surface area contributed by atoms with E-state index in [-0.39, 0.29) is 6.10 Å². The number of aromatic nitrogens is 1. The molecular formula is C16H21NOS. The Morgan fingerprint density at radius 1 is 1.16 bits per heavy atom. The van der Waals surface area contributed by atoms with Crippen molar-refractivity contribution in [2.24, 2.45) is 0 Å². The molecule has 102 valence electrons. The van der Waals surface area contributed by atoms with Crippen molar-refractivity contribution in [3.8, 4) is 0 Å². The Labute approximate surface area is 119 Å². The highest BCUT2D eigenvalue weighted by atomic mass is 32.1. The van der Waals surface area contributed by atoms with Gasteiger partial charge in [0.15, 0.2) is 0 Å². The van der Waals surface area contributed by atoms with E-state index >= 15 is 0 Å². The van der Waals surface area contributed by atoms with Gasteiger partial charge in [-0.3, -0.25) is 0 Å². The van der Waals surface area contributed by atoms with Crippen molar-refractivity contribution in [2.45, 2.75) is 46.6 Å². The normalized spacial score (nSPS) is 12.7. The number of aryl methyl sites for hydroxylation is 4. The third-order valence-corrected chi connectivity index (χ3v) is 4.54. The lowest BCUT2D eigenvalue weighted by Gasteiger charge is -2.12. The molecule has 0 saturated heterocycles. The van der Waals surface area contributed by atoms with Crippen LogP contribution in [-0.2, 0) is 12.8 Å². The van der Waals surface area contributed by atoms with Crippen molar-refractivity contribution in [3.63, 3.8) is 0 Å². The fourth-order valence-electron chi connectivity index (χ4n) is 2.17. The molecule has 19 heavy (non-hydrogen) atoms. The molecular weight excluding hydrogens is 254 g/mol. The molecule has 0 saturated carbocycles. The molecule has 1 atom stereocenters. The van der Waals surface area contributed by atoms with E-state index in [9.17, 15) is 5.11 Å². The summed E-state index contributed by atoms with van der Waals surface area (Å²) in [5.41, 5.74) is 4.81. The Kier molecular flexibility index (Phi) is 4.38. The van der Waals surface area contributed by atoms with Crippen LogP contribution in [0.1, 0.15) is 32.3 Å². The topological polar surface area (TPSA) is 33.1 Å². The quantitative estimate of drug-likeness (QED) is 0.926. The standard InChI is InChI=1S/C16H21NOS/c1-10-5-6-11(2)14(7-10)8-15(18)9-16-17-12(3)13(4)19-16/h5-7,15,18H,8-9H2,1-4H3. The summed E-state index contributed by atoms with van der Waals surface area (Å²) in [5, 5.41) is 11.3. The molecule has 0 aliphatic carbocycles. The van der Waals surface area contributed by atoms with Crippen LogP contribution in [0.2, 0.25) is 0 Å². The first-order chi connectivity index (χ1) is 8.95. The molecule has 0 aliphatic rings. The fourth-order valence-corrected chi connectivity index (χ4v) is 3.18. The fraction of sp³-hybridized carbons (Fsp3) is 0.438. The second-order valence-electron chi connectivity index (χ2n) is 5.24. The number of benzene rings is 1. The second-order valence-corrected chi connectivity index (χ2v) is 6.53. The average Bonchev–Trinajstić information content (AvgIpc) is 2.63. The van der Waals surface area contributed by atoms with E-state index in [2.05, 4.69) is 44.0 Å². The van der Waals surface area contributed by atoms with Crippen LogP contribution in [0.25, 0.3) is 0 Å². The monoisotopic (exact) mass is 275 g/mol. The summed E-state index contributed by atoms with van der Waals surface area (Å²) in [4.78, 5) is 5.73. The number of hydrogen-bond donors (Lipinski definition) is 1. The van der Waals surface area contributed by atoms with E-state index in [0.717, 1.165) is 10.7 Å². The van der Waals surface area contributed by atoms with Crippen molar-refractivity contribution < 1.29 is 5.11 Å². The summed E-state index contributed by atoms with van der Waals surface area (Å²) in [6, 6.07) is 6.39. The zero-order chi connectivity index (χ0) is 14.0. The van der Waals surface area contributed by atoms with Crippen LogP contribution in [-0.4, -0.2) is 16.2 Å². The Hall–Kier alpha value is -1.19. The van der Waals surface area contributed by atoms with Crippen LogP contribution in [0.15, 0.2) is 18.2 Å². The predicted octanol–water partition coefficient (Wildman–Crippen LogP) is 3.52. The number of hydrogen-bond acceptors (Lipinski definition) is 3. The summed E-state index contributed by atoms with van der Waals surface area (Å²) in [5.74, 6) is 0. The van der Waals surface area contributed by atoms with Gasteiger partial charge >= 0.3 is 0 Å². The van der Waals surface area contributed by atoms with Gasteiger partial charge in [0.2, 0.25) is 0 Å². The minimum Gasteiger partial charge on any atom is -0.392 e. The van der Waals surface area contributed by atoms with Crippen molar-refractivity contribution >= 4 is 11.3 Å². The van der Waals surface area contributed by atoms with E-state index < -0.39 is 0 Å². The zero-order valence-corrected chi connectivity index (χ0v) is 12.8. The first kappa shape index (κ1) is 14.2. The molecule has 0 fully saturated rings. The van der Waals surface area contributed by atoms with Crippen LogP contribution in [0, 0.1) is 27.7 Å². The number of thiazole rings is 1. The molecule has 1 N–H and O–H groups in total. The lowest BCUT2D eigenvalue weighted by Crippen LogP contribution is -2.14. The number of aliphatic hydroxyl groups excluding tert-OH is 1. The van der Waals surface area contributed by atoms with E-state index in [1.165, 1.54) is 21.6 Å². The Balaban J connectivity index is 2.04. The van der Waals surface area contributed by atoms with Gasteiger partial charge in [0.25, 0.3) is 0 Å². The molecule has 1 unspecified atom stereocenters. The summed E-state index contributed by atoms with van der Waals surface area (Å²) >= 11 is 1.69. The van der Waals surface area contributed by atoms with Crippen molar-refractivity contribution in [1.29, 1.82) is 0 Å². The maximum absolute atomic E-state index is 10.2. The molecule has 2 nitrogen and oxygen atoms in total. The van der Waals surface area contributed by atoms with E-state index in [4.69, 9.17) is 0 Å². The van der Waals surface area contributed by atoms with E-state index in [1.807, 2.05) is 6.92 Å². The third-order valence-electron chi connectivity index (χ3n) is 3.44. The molecule has 0 aliphatic heterocycles. The summed E-state index contributed by atoms with van der Waals surface area (Å²) < 4.78 is 0. The van der Waals surface area contributed by atoms with E-state index in [1.54, 1.807) is 11.3 Å². The molecule has 1 aromatic heterocycles. The molecule has 2 aromatic rings. The zero-order valence-electron chi connectivity index (χ0n) is 12.0. The highest BCUT2D eigenvalue weighted by Crippen LogP contribution is 2.20. The highest BCUT2D eigenvalue weighted by molar-refractivity contribution is 7.11.